The third kappa shape index (κ3) is 2.30. The lowest BCUT2D eigenvalue weighted by molar-refractivity contribution is -0.129. The minimum absolute atomic E-state index is 0.360. The Balaban J connectivity index is 1.95. The molecule has 2 aliphatic rings. The molecule has 0 bridgehead atoms. The van der Waals surface area contributed by atoms with Crippen LogP contribution in [0.25, 0.3) is 0 Å². The van der Waals surface area contributed by atoms with Crippen molar-refractivity contribution in [2.24, 2.45) is 0 Å². The molecule has 0 aromatic heterocycles. The van der Waals surface area contributed by atoms with Crippen molar-refractivity contribution in [1.29, 1.82) is 0 Å². The van der Waals surface area contributed by atoms with Crippen LogP contribution < -0.4 is 0 Å². The van der Waals surface area contributed by atoms with Crippen LogP contribution in [0.1, 0.15) is 44.9 Å². The van der Waals surface area contributed by atoms with Crippen molar-refractivity contribution >= 4 is 21.8 Å². The molecule has 1 saturated carbocycles. The molecular formula is C11H18BrNO. The molecule has 0 N–H and O–H groups in total. The van der Waals surface area contributed by atoms with Crippen LogP contribution in [-0.2, 0) is 4.79 Å². The minimum Gasteiger partial charge on any atom is -0.339 e. The first-order valence-electron chi connectivity index (χ1n) is 5.71. The third-order valence-electron chi connectivity index (χ3n) is 3.38. The molecule has 2 fully saturated rings. The summed E-state index contributed by atoms with van der Waals surface area (Å²) in [6, 6.07) is 0.549. The number of hydrogen-bond donors (Lipinski definition) is 0. The van der Waals surface area contributed by atoms with Crippen molar-refractivity contribution in [3.8, 4) is 0 Å². The zero-order chi connectivity index (χ0) is 9.97. The van der Waals surface area contributed by atoms with E-state index in [1.54, 1.807) is 0 Å². The van der Waals surface area contributed by atoms with Gasteiger partial charge in [0, 0.05) is 23.8 Å². The number of nitrogens with zero attached hydrogens (tertiary/aromatic N) is 1. The maximum absolute atomic E-state index is 11.7. The summed E-state index contributed by atoms with van der Waals surface area (Å²) in [5.41, 5.74) is 0. The Morgan fingerprint density at radius 3 is 2.29 bits per heavy atom. The fourth-order valence-corrected chi connectivity index (χ4v) is 3.20. The van der Waals surface area contributed by atoms with Gasteiger partial charge in [0.15, 0.2) is 0 Å². The molecule has 14 heavy (non-hydrogen) atoms. The smallest absolute Gasteiger partial charge is 0.224 e. The average Bonchev–Trinajstić information content (AvgIpc) is 2.43. The van der Waals surface area contributed by atoms with Crippen molar-refractivity contribution in [3.05, 3.63) is 0 Å². The molecule has 2 nitrogen and oxygen atoms in total. The van der Waals surface area contributed by atoms with Gasteiger partial charge in [0.25, 0.3) is 0 Å². The molecule has 1 amide bonds. The lowest BCUT2D eigenvalue weighted by Crippen LogP contribution is -2.36. The third-order valence-corrected chi connectivity index (χ3v) is 3.99. The van der Waals surface area contributed by atoms with Gasteiger partial charge in [-0.15, -0.1) is 0 Å². The van der Waals surface area contributed by atoms with E-state index < -0.39 is 0 Å². The van der Waals surface area contributed by atoms with Gasteiger partial charge >= 0.3 is 0 Å². The van der Waals surface area contributed by atoms with Gasteiger partial charge < -0.3 is 4.90 Å². The largest absolute Gasteiger partial charge is 0.339 e. The highest BCUT2D eigenvalue weighted by atomic mass is 79.9. The number of likely N-dealkylation sites (tertiary alicyclic amines) is 1. The van der Waals surface area contributed by atoms with Gasteiger partial charge in [-0.05, 0) is 12.8 Å². The Hall–Kier alpha value is -0.0500. The SMILES string of the molecule is O=C1CC(Br)CN1C1CCCCCC1. The highest BCUT2D eigenvalue weighted by Gasteiger charge is 2.32. The molecule has 1 aliphatic heterocycles. The molecule has 1 aliphatic carbocycles. The lowest BCUT2D eigenvalue weighted by Gasteiger charge is -2.26. The molecule has 0 aromatic carbocycles. The van der Waals surface area contributed by atoms with Crippen molar-refractivity contribution in [2.45, 2.75) is 55.8 Å². The van der Waals surface area contributed by atoms with E-state index in [0.29, 0.717) is 23.2 Å². The number of carbonyl (C=O) groups excluding carboxylic acids is 1. The van der Waals surface area contributed by atoms with Crippen molar-refractivity contribution < 1.29 is 4.79 Å². The summed E-state index contributed by atoms with van der Waals surface area (Å²) in [4.78, 5) is 14.2. The first-order valence-corrected chi connectivity index (χ1v) is 6.62. The lowest BCUT2D eigenvalue weighted by atomic mass is 10.1. The van der Waals surface area contributed by atoms with Crippen LogP contribution in [-0.4, -0.2) is 28.2 Å². The van der Waals surface area contributed by atoms with Crippen molar-refractivity contribution in [3.63, 3.8) is 0 Å². The highest BCUT2D eigenvalue weighted by molar-refractivity contribution is 9.09. The maximum atomic E-state index is 11.7. The van der Waals surface area contributed by atoms with Crippen LogP contribution in [0.3, 0.4) is 0 Å². The van der Waals surface area contributed by atoms with Crippen LogP contribution in [0.4, 0.5) is 0 Å². The molecule has 0 aromatic rings. The zero-order valence-corrected chi connectivity index (χ0v) is 10.1. The Bertz CT molecular complexity index is 211. The quantitative estimate of drug-likeness (QED) is 0.524. The summed E-state index contributed by atoms with van der Waals surface area (Å²) in [5, 5.41) is 0. The fraction of sp³-hybridized carbons (Fsp3) is 0.909. The van der Waals surface area contributed by atoms with E-state index in [9.17, 15) is 4.79 Å². The normalized spacial score (nSPS) is 30.8. The van der Waals surface area contributed by atoms with Gasteiger partial charge in [-0.2, -0.15) is 0 Å². The summed E-state index contributed by atoms with van der Waals surface area (Å²) in [6.45, 7) is 0.934. The van der Waals surface area contributed by atoms with E-state index in [0.717, 1.165) is 6.54 Å². The topological polar surface area (TPSA) is 20.3 Å². The molecule has 1 unspecified atom stereocenters. The molecule has 0 radical (unpaired) electrons. The Kier molecular flexibility index (Phi) is 3.47. The first kappa shape index (κ1) is 10.5. The van der Waals surface area contributed by atoms with Crippen molar-refractivity contribution in [2.75, 3.05) is 6.54 Å². The molecule has 1 atom stereocenters. The van der Waals surface area contributed by atoms with Gasteiger partial charge in [0.2, 0.25) is 5.91 Å². The van der Waals surface area contributed by atoms with Crippen LogP contribution in [0, 0.1) is 0 Å². The second-order valence-corrected chi connectivity index (χ2v) is 5.79. The second kappa shape index (κ2) is 4.65. The van der Waals surface area contributed by atoms with Crippen LogP contribution in [0.5, 0.6) is 0 Å². The molecule has 80 valence electrons. The summed E-state index contributed by atoms with van der Waals surface area (Å²) in [6.07, 6.45) is 8.49. The zero-order valence-electron chi connectivity index (χ0n) is 8.54. The predicted octanol–water partition coefficient (Wildman–Crippen LogP) is 2.71. The predicted molar refractivity (Wildman–Crippen MR) is 60.5 cm³/mol. The van der Waals surface area contributed by atoms with Crippen molar-refractivity contribution in [1.82, 2.24) is 4.90 Å². The van der Waals surface area contributed by atoms with Crippen LogP contribution >= 0.6 is 15.9 Å². The van der Waals surface area contributed by atoms with Gasteiger partial charge in [0.05, 0.1) is 0 Å². The number of carbonyl (C=O) groups is 1. The standard InChI is InChI=1S/C11H18BrNO/c12-9-7-11(14)13(8-9)10-5-3-1-2-4-6-10/h9-10H,1-8H2. The molecule has 2 rings (SSSR count). The Labute approximate surface area is 94.2 Å². The van der Waals surface area contributed by atoms with E-state index in [-0.39, 0.29) is 0 Å². The van der Waals surface area contributed by atoms with E-state index in [1.807, 2.05) is 0 Å². The number of amides is 1. The second-order valence-electron chi connectivity index (χ2n) is 4.49. The number of rotatable bonds is 1. The minimum atomic E-state index is 0.360. The molecule has 0 spiro atoms. The Morgan fingerprint density at radius 1 is 1.14 bits per heavy atom. The van der Waals surface area contributed by atoms with E-state index in [1.165, 1.54) is 38.5 Å². The molecular weight excluding hydrogens is 242 g/mol. The van der Waals surface area contributed by atoms with Gasteiger partial charge in [-0.3, -0.25) is 4.79 Å². The summed E-state index contributed by atoms with van der Waals surface area (Å²) in [5.74, 6) is 0.360. The number of halogens is 1. The van der Waals surface area contributed by atoms with Gasteiger partial charge in [-0.25, -0.2) is 0 Å². The summed E-state index contributed by atoms with van der Waals surface area (Å²) < 4.78 is 0. The first-order chi connectivity index (χ1) is 6.77. The van der Waals surface area contributed by atoms with Crippen LogP contribution in [0.15, 0.2) is 0 Å². The highest BCUT2D eigenvalue weighted by Crippen LogP contribution is 2.27. The summed E-state index contributed by atoms with van der Waals surface area (Å²) >= 11 is 3.54. The average molecular weight is 260 g/mol. The van der Waals surface area contributed by atoms with Crippen LogP contribution in [0.2, 0.25) is 0 Å². The number of alkyl halides is 1. The van der Waals surface area contributed by atoms with Gasteiger partial charge in [-0.1, -0.05) is 41.6 Å². The van der Waals surface area contributed by atoms with E-state index in [2.05, 4.69) is 20.8 Å². The monoisotopic (exact) mass is 259 g/mol. The molecule has 1 saturated heterocycles. The van der Waals surface area contributed by atoms with E-state index in [4.69, 9.17) is 0 Å². The summed E-state index contributed by atoms with van der Waals surface area (Å²) in [7, 11) is 0. The maximum Gasteiger partial charge on any atom is 0.224 e. The Morgan fingerprint density at radius 2 is 1.79 bits per heavy atom. The molecule has 3 heteroatoms. The van der Waals surface area contributed by atoms with E-state index >= 15 is 0 Å². The molecule has 1 heterocycles. The fourth-order valence-electron chi connectivity index (χ4n) is 2.61. The number of hydrogen-bond acceptors (Lipinski definition) is 1. The van der Waals surface area contributed by atoms with Gasteiger partial charge in [0.1, 0.15) is 0 Å².